The molecule has 2 rings (SSSR count). The lowest BCUT2D eigenvalue weighted by atomic mass is 10.0. The van der Waals surface area contributed by atoms with Crippen molar-refractivity contribution in [2.45, 2.75) is 25.1 Å². The summed E-state index contributed by atoms with van der Waals surface area (Å²) in [6, 6.07) is 10.5. The number of carbonyl (C=O) groups is 2. The maximum absolute atomic E-state index is 12.8. The Morgan fingerprint density at radius 1 is 1.07 bits per heavy atom. The number of esters is 1. The number of alkyl halides is 3. The number of rotatable bonds is 7. The van der Waals surface area contributed by atoms with Crippen LogP contribution in [0.4, 0.5) is 13.2 Å². The van der Waals surface area contributed by atoms with Gasteiger partial charge < -0.3 is 14.8 Å². The summed E-state index contributed by atoms with van der Waals surface area (Å²) in [4.78, 5) is 24.4. The van der Waals surface area contributed by atoms with Gasteiger partial charge in [0.1, 0.15) is 11.8 Å². The lowest BCUT2D eigenvalue weighted by Crippen LogP contribution is -2.43. The molecule has 0 fully saturated rings. The molecule has 0 heterocycles. The van der Waals surface area contributed by atoms with Crippen molar-refractivity contribution in [1.29, 1.82) is 0 Å². The van der Waals surface area contributed by atoms with Crippen LogP contribution in [0.1, 0.15) is 16.7 Å². The van der Waals surface area contributed by atoms with Crippen LogP contribution in [0.15, 0.2) is 48.5 Å². The van der Waals surface area contributed by atoms with Gasteiger partial charge in [-0.15, -0.1) is 0 Å². The van der Waals surface area contributed by atoms with Gasteiger partial charge in [0.05, 0.1) is 26.2 Å². The van der Waals surface area contributed by atoms with Gasteiger partial charge in [0.2, 0.25) is 5.91 Å². The molecule has 0 spiro atoms. The molecule has 0 aromatic heterocycles. The predicted octanol–water partition coefficient (Wildman–Crippen LogP) is 3.16. The van der Waals surface area contributed by atoms with Gasteiger partial charge in [-0.1, -0.05) is 36.4 Å². The molecule has 8 heteroatoms. The predicted molar refractivity (Wildman–Crippen MR) is 95.8 cm³/mol. The van der Waals surface area contributed by atoms with E-state index in [-0.39, 0.29) is 18.4 Å². The summed E-state index contributed by atoms with van der Waals surface area (Å²) in [5.41, 5.74) is 0.0318. The zero-order valence-electron chi connectivity index (χ0n) is 15.4. The Balaban J connectivity index is 2.12. The maximum atomic E-state index is 12.8. The largest absolute Gasteiger partial charge is 0.496 e. The highest BCUT2D eigenvalue weighted by Gasteiger charge is 2.30. The number of methoxy groups -OCH3 is 2. The second kappa shape index (κ2) is 9.25. The van der Waals surface area contributed by atoms with E-state index in [9.17, 15) is 22.8 Å². The fraction of sp³-hybridized carbons (Fsp3) is 0.300. The molecule has 0 unspecified atom stereocenters. The van der Waals surface area contributed by atoms with Crippen molar-refractivity contribution < 1.29 is 32.2 Å². The first kappa shape index (κ1) is 21.3. The molecule has 0 aliphatic carbocycles. The summed E-state index contributed by atoms with van der Waals surface area (Å²) in [7, 11) is 2.68. The Kier molecular flexibility index (Phi) is 7.03. The number of carbonyl (C=O) groups excluding carboxylic acids is 2. The molecule has 0 saturated carbocycles. The molecular formula is C20H20F3NO4. The quantitative estimate of drug-likeness (QED) is 0.732. The molecule has 0 radical (unpaired) electrons. The first-order valence-corrected chi connectivity index (χ1v) is 8.39. The van der Waals surface area contributed by atoms with Crippen LogP contribution in [0.25, 0.3) is 0 Å². The second-order valence-electron chi connectivity index (χ2n) is 6.03. The summed E-state index contributed by atoms with van der Waals surface area (Å²) < 4.78 is 48.4. The molecule has 2 aromatic carbocycles. The second-order valence-corrected chi connectivity index (χ2v) is 6.03. The van der Waals surface area contributed by atoms with Crippen molar-refractivity contribution in [2.24, 2.45) is 0 Å². The van der Waals surface area contributed by atoms with Crippen LogP contribution >= 0.6 is 0 Å². The third kappa shape index (κ3) is 5.73. The Bertz CT molecular complexity index is 836. The number of benzene rings is 2. The van der Waals surface area contributed by atoms with Crippen molar-refractivity contribution in [2.75, 3.05) is 14.2 Å². The average Bonchev–Trinajstić information content (AvgIpc) is 2.66. The van der Waals surface area contributed by atoms with Crippen LogP contribution < -0.4 is 10.1 Å². The van der Waals surface area contributed by atoms with E-state index in [4.69, 9.17) is 9.47 Å². The Hall–Kier alpha value is -3.03. The Labute approximate surface area is 160 Å². The van der Waals surface area contributed by atoms with Crippen molar-refractivity contribution in [3.8, 4) is 5.75 Å². The van der Waals surface area contributed by atoms with Gasteiger partial charge in [-0.3, -0.25) is 4.79 Å². The van der Waals surface area contributed by atoms with E-state index >= 15 is 0 Å². The first-order valence-electron chi connectivity index (χ1n) is 8.39. The van der Waals surface area contributed by atoms with E-state index < -0.39 is 29.7 Å². The lowest BCUT2D eigenvalue weighted by molar-refractivity contribution is -0.145. The van der Waals surface area contributed by atoms with Crippen LogP contribution in [0.5, 0.6) is 5.75 Å². The van der Waals surface area contributed by atoms with Gasteiger partial charge in [0, 0.05) is 6.42 Å². The molecule has 150 valence electrons. The first-order chi connectivity index (χ1) is 13.2. The van der Waals surface area contributed by atoms with E-state index in [0.29, 0.717) is 11.3 Å². The molecule has 0 bridgehead atoms. The molecule has 0 aliphatic heterocycles. The van der Waals surface area contributed by atoms with Crippen molar-refractivity contribution >= 4 is 11.9 Å². The van der Waals surface area contributed by atoms with Crippen LogP contribution in [0.2, 0.25) is 0 Å². The van der Waals surface area contributed by atoms with Crippen LogP contribution in [0.3, 0.4) is 0 Å². The third-order valence-electron chi connectivity index (χ3n) is 4.06. The normalized spacial score (nSPS) is 12.2. The van der Waals surface area contributed by atoms with E-state index in [1.807, 2.05) is 0 Å². The highest BCUT2D eigenvalue weighted by atomic mass is 19.4. The minimum Gasteiger partial charge on any atom is -0.496 e. The van der Waals surface area contributed by atoms with Gasteiger partial charge in [0.15, 0.2) is 0 Å². The SMILES string of the molecule is COC(=O)[C@@H](Cc1ccccc1OC)NC(=O)Cc1cccc(C(F)(F)F)c1. The van der Waals surface area contributed by atoms with Gasteiger partial charge in [0.25, 0.3) is 0 Å². The third-order valence-corrected chi connectivity index (χ3v) is 4.06. The highest BCUT2D eigenvalue weighted by Crippen LogP contribution is 2.29. The molecule has 5 nitrogen and oxygen atoms in total. The standard InChI is InChI=1S/C20H20F3NO4/c1-27-17-9-4-3-7-14(17)12-16(19(26)28-2)24-18(25)11-13-6-5-8-15(10-13)20(21,22)23/h3-10,16H,11-12H2,1-2H3,(H,24,25)/t16-/m1/s1. The molecular weight excluding hydrogens is 375 g/mol. The molecule has 28 heavy (non-hydrogen) atoms. The van der Waals surface area contributed by atoms with Gasteiger partial charge in [-0.2, -0.15) is 13.2 Å². The number of hydrogen-bond acceptors (Lipinski definition) is 4. The summed E-state index contributed by atoms with van der Waals surface area (Å²) in [5.74, 6) is -0.712. The zero-order chi connectivity index (χ0) is 20.7. The van der Waals surface area contributed by atoms with Crippen molar-refractivity contribution in [3.05, 3.63) is 65.2 Å². The fourth-order valence-electron chi connectivity index (χ4n) is 2.72. The highest BCUT2D eigenvalue weighted by molar-refractivity contribution is 5.86. The number of halogens is 3. The molecule has 0 saturated heterocycles. The number of hydrogen-bond donors (Lipinski definition) is 1. The summed E-state index contributed by atoms with van der Waals surface area (Å²) in [5, 5.41) is 2.52. The summed E-state index contributed by atoms with van der Waals surface area (Å²) in [6.45, 7) is 0. The van der Waals surface area contributed by atoms with Crippen LogP contribution in [-0.4, -0.2) is 32.1 Å². The molecule has 1 amide bonds. The minimum atomic E-state index is -4.50. The minimum absolute atomic E-state index is 0.116. The van der Waals surface area contributed by atoms with Crippen LogP contribution in [0, 0.1) is 0 Å². The number of ether oxygens (including phenoxy) is 2. The number of nitrogens with one attached hydrogen (secondary N) is 1. The van der Waals surface area contributed by atoms with Gasteiger partial charge in [-0.05, 0) is 23.3 Å². The summed E-state index contributed by atoms with van der Waals surface area (Å²) >= 11 is 0. The molecule has 2 aromatic rings. The Morgan fingerprint density at radius 3 is 2.43 bits per heavy atom. The van der Waals surface area contributed by atoms with Crippen molar-refractivity contribution in [3.63, 3.8) is 0 Å². The maximum Gasteiger partial charge on any atom is 0.416 e. The molecule has 1 N–H and O–H groups in total. The smallest absolute Gasteiger partial charge is 0.416 e. The number of para-hydroxylation sites is 1. The molecule has 1 atom stereocenters. The van der Waals surface area contributed by atoms with E-state index in [1.165, 1.54) is 26.4 Å². The monoisotopic (exact) mass is 395 g/mol. The lowest BCUT2D eigenvalue weighted by Gasteiger charge is -2.18. The topological polar surface area (TPSA) is 64.6 Å². The van der Waals surface area contributed by atoms with Crippen molar-refractivity contribution in [1.82, 2.24) is 5.32 Å². The van der Waals surface area contributed by atoms with Gasteiger partial charge >= 0.3 is 12.1 Å². The Morgan fingerprint density at radius 2 is 1.79 bits per heavy atom. The fourth-order valence-corrected chi connectivity index (χ4v) is 2.72. The van der Waals surface area contributed by atoms with Gasteiger partial charge in [-0.25, -0.2) is 4.79 Å². The van der Waals surface area contributed by atoms with Crippen LogP contribution in [-0.2, 0) is 33.3 Å². The van der Waals surface area contributed by atoms with E-state index in [0.717, 1.165) is 12.1 Å². The zero-order valence-corrected chi connectivity index (χ0v) is 15.4. The number of amides is 1. The van der Waals surface area contributed by atoms with E-state index in [2.05, 4.69) is 5.32 Å². The summed E-state index contributed by atoms with van der Waals surface area (Å²) in [6.07, 6.45) is -4.68. The average molecular weight is 395 g/mol. The molecule has 0 aliphatic rings. The van der Waals surface area contributed by atoms with E-state index in [1.54, 1.807) is 24.3 Å².